The minimum Gasteiger partial charge on any atom is -0.394 e. The molecule has 7 heteroatoms. The minimum absolute atomic E-state index is 0.203. The van der Waals surface area contributed by atoms with Crippen molar-refractivity contribution >= 4 is 41.0 Å². The largest absolute Gasteiger partial charge is 0.394 e. The topological polar surface area (TPSA) is 64.9 Å². The van der Waals surface area contributed by atoms with Crippen LogP contribution in [-0.2, 0) is 0 Å². The van der Waals surface area contributed by atoms with Gasteiger partial charge in [-0.3, -0.25) is 4.99 Å². The van der Waals surface area contributed by atoms with E-state index in [0.29, 0.717) is 6.42 Å². The van der Waals surface area contributed by atoms with Crippen molar-refractivity contribution in [3.8, 4) is 0 Å². The summed E-state index contributed by atoms with van der Waals surface area (Å²) in [6.07, 6.45) is 4.26. The monoisotopic (exact) mass is 408 g/mol. The SMILES string of the molecule is CCCCN[C@H](c1ccc(C=NC(CC)(CO)CO)cc1)C(Cl)(Cl)Cl. The molecule has 0 amide bonds. The number of halogens is 3. The van der Waals surface area contributed by atoms with Gasteiger partial charge in [0.05, 0.1) is 19.3 Å². The highest BCUT2D eigenvalue weighted by Gasteiger charge is 2.33. The number of alkyl halides is 3. The lowest BCUT2D eigenvalue weighted by Gasteiger charge is -2.26. The van der Waals surface area contributed by atoms with Crippen LogP contribution < -0.4 is 5.32 Å². The number of hydrogen-bond donors (Lipinski definition) is 3. The zero-order valence-electron chi connectivity index (χ0n) is 14.7. The Bertz CT molecular complexity index is 518. The molecule has 4 nitrogen and oxygen atoms in total. The highest BCUT2D eigenvalue weighted by Crippen LogP contribution is 2.39. The first kappa shape index (κ1) is 22.7. The van der Waals surface area contributed by atoms with Gasteiger partial charge in [-0.05, 0) is 30.5 Å². The van der Waals surface area contributed by atoms with Crippen molar-refractivity contribution in [1.82, 2.24) is 5.32 Å². The van der Waals surface area contributed by atoms with E-state index in [1.807, 2.05) is 31.2 Å². The number of hydrogen-bond acceptors (Lipinski definition) is 4. The Hall–Kier alpha value is -0.360. The number of rotatable bonds is 10. The molecule has 0 saturated heterocycles. The number of nitrogens with zero attached hydrogens (tertiary/aromatic N) is 1. The van der Waals surface area contributed by atoms with Crippen LogP contribution in [0.15, 0.2) is 29.3 Å². The van der Waals surface area contributed by atoms with E-state index in [-0.39, 0.29) is 13.2 Å². The summed E-state index contributed by atoms with van der Waals surface area (Å²) in [5.41, 5.74) is 0.875. The molecule has 25 heavy (non-hydrogen) atoms. The van der Waals surface area contributed by atoms with E-state index in [1.165, 1.54) is 0 Å². The summed E-state index contributed by atoms with van der Waals surface area (Å²) in [7, 11) is 0. The lowest BCUT2D eigenvalue weighted by molar-refractivity contribution is 0.120. The van der Waals surface area contributed by atoms with Crippen LogP contribution in [0.5, 0.6) is 0 Å². The second-order valence-corrected chi connectivity index (χ2v) is 8.47. The summed E-state index contributed by atoms with van der Waals surface area (Å²) in [5.74, 6) is 0. The van der Waals surface area contributed by atoms with Gasteiger partial charge in [-0.2, -0.15) is 0 Å². The average Bonchev–Trinajstić information content (AvgIpc) is 2.60. The Balaban J connectivity index is 2.92. The molecule has 3 N–H and O–H groups in total. The number of aliphatic hydroxyl groups excluding tert-OH is 2. The van der Waals surface area contributed by atoms with Crippen molar-refractivity contribution in [3.05, 3.63) is 35.4 Å². The van der Waals surface area contributed by atoms with Crippen LogP contribution in [0.3, 0.4) is 0 Å². The fourth-order valence-corrected chi connectivity index (χ4v) is 2.89. The molecule has 1 rings (SSSR count). The standard InChI is InChI=1S/C18H27Cl3N2O2/c1-3-5-10-22-16(18(19,20)21)15-8-6-14(7-9-15)11-23-17(4-2,12-24)13-25/h6-9,11,16,22,24-25H,3-5,10,12-13H2,1-2H3/t16-/m1/s1. The van der Waals surface area contributed by atoms with E-state index < -0.39 is 15.4 Å². The molecule has 0 aliphatic carbocycles. The third kappa shape index (κ3) is 7.05. The zero-order chi connectivity index (χ0) is 18.9. The Morgan fingerprint density at radius 2 is 1.72 bits per heavy atom. The van der Waals surface area contributed by atoms with Crippen molar-refractivity contribution < 1.29 is 10.2 Å². The Kier molecular flexibility index (Phi) is 9.71. The Morgan fingerprint density at radius 1 is 1.12 bits per heavy atom. The molecule has 1 aromatic rings. The van der Waals surface area contributed by atoms with Crippen LogP contribution in [0.4, 0.5) is 0 Å². The highest BCUT2D eigenvalue weighted by molar-refractivity contribution is 6.68. The predicted molar refractivity (Wildman–Crippen MR) is 107 cm³/mol. The van der Waals surface area contributed by atoms with Crippen molar-refractivity contribution in [2.24, 2.45) is 4.99 Å². The molecular formula is C18H27Cl3N2O2. The Morgan fingerprint density at radius 3 is 2.16 bits per heavy atom. The molecule has 0 bridgehead atoms. The first-order chi connectivity index (χ1) is 11.8. The molecular weight excluding hydrogens is 383 g/mol. The molecule has 1 aromatic carbocycles. The van der Waals surface area contributed by atoms with Gasteiger partial charge in [0, 0.05) is 6.21 Å². The number of unbranched alkanes of at least 4 members (excludes halogenated alkanes) is 1. The molecule has 0 fully saturated rings. The van der Waals surface area contributed by atoms with E-state index >= 15 is 0 Å². The molecule has 0 saturated carbocycles. The smallest absolute Gasteiger partial charge is 0.209 e. The van der Waals surface area contributed by atoms with Gasteiger partial charge >= 0.3 is 0 Å². The van der Waals surface area contributed by atoms with Gasteiger partial charge in [0.2, 0.25) is 3.79 Å². The maximum atomic E-state index is 9.44. The van der Waals surface area contributed by atoms with Gasteiger partial charge in [0.1, 0.15) is 5.54 Å². The number of benzene rings is 1. The lowest BCUT2D eigenvalue weighted by Crippen LogP contribution is -2.35. The van der Waals surface area contributed by atoms with E-state index in [9.17, 15) is 10.2 Å². The minimum atomic E-state index is -1.45. The van der Waals surface area contributed by atoms with Gasteiger partial charge in [-0.15, -0.1) is 0 Å². The van der Waals surface area contributed by atoms with Crippen molar-refractivity contribution in [1.29, 1.82) is 0 Å². The number of aliphatic imine (C=N–C) groups is 1. The summed E-state index contributed by atoms with van der Waals surface area (Å²) >= 11 is 18.3. The molecule has 0 aliphatic rings. The van der Waals surface area contributed by atoms with Gasteiger partial charge in [0.15, 0.2) is 0 Å². The zero-order valence-corrected chi connectivity index (χ0v) is 17.0. The second kappa shape index (κ2) is 10.7. The maximum absolute atomic E-state index is 9.44. The third-order valence-corrected chi connectivity index (χ3v) is 4.86. The first-order valence-electron chi connectivity index (χ1n) is 8.49. The molecule has 0 heterocycles. The third-order valence-electron chi connectivity index (χ3n) is 4.21. The van der Waals surface area contributed by atoms with Crippen LogP contribution in [0.1, 0.15) is 50.3 Å². The molecule has 0 aliphatic heterocycles. The summed E-state index contributed by atoms with van der Waals surface area (Å²) < 4.78 is -1.45. The van der Waals surface area contributed by atoms with Crippen molar-refractivity contribution in [2.75, 3.05) is 19.8 Å². The quantitative estimate of drug-likeness (QED) is 0.310. The maximum Gasteiger partial charge on any atom is 0.209 e. The summed E-state index contributed by atoms with van der Waals surface area (Å²) in [6, 6.07) is 7.12. The molecule has 0 spiro atoms. The molecule has 142 valence electrons. The number of aliphatic hydroxyl groups is 2. The normalized spacial score (nSPS) is 14.2. The molecule has 0 radical (unpaired) electrons. The molecule has 0 unspecified atom stereocenters. The van der Waals surface area contributed by atoms with Crippen LogP contribution >= 0.6 is 34.8 Å². The van der Waals surface area contributed by atoms with Crippen LogP contribution in [-0.4, -0.2) is 45.5 Å². The van der Waals surface area contributed by atoms with E-state index in [1.54, 1.807) is 6.21 Å². The molecule has 1 atom stereocenters. The Labute approximate surface area is 165 Å². The van der Waals surface area contributed by atoms with Crippen LogP contribution in [0.25, 0.3) is 0 Å². The lowest BCUT2D eigenvalue weighted by atomic mass is 9.99. The van der Waals surface area contributed by atoms with Gasteiger partial charge in [-0.25, -0.2) is 0 Å². The summed E-state index contributed by atoms with van der Waals surface area (Å²) in [4.78, 5) is 4.35. The number of nitrogens with one attached hydrogen (secondary N) is 1. The van der Waals surface area contributed by atoms with Gasteiger partial charge in [0.25, 0.3) is 0 Å². The highest BCUT2D eigenvalue weighted by atomic mass is 35.6. The average molecular weight is 410 g/mol. The fourth-order valence-electron chi connectivity index (χ4n) is 2.28. The predicted octanol–water partition coefficient (Wildman–Crippen LogP) is 4.04. The van der Waals surface area contributed by atoms with Gasteiger partial charge in [-0.1, -0.05) is 79.3 Å². The van der Waals surface area contributed by atoms with Gasteiger partial charge < -0.3 is 15.5 Å². The summed E-state index contributed by atoms with van der Waals surface area (Å²) in [6.45, 7) is 4.34. The van der Waals surface area contributed by atoms with Crippen LogP contribution in [0.2, 0.25) is 0 Å². The van der Waals surface area contributed by atoms with Crippen molar-refractivity contribution in [3.63, 3.8) is 0 Å². The second-order valence-electron chi connectivity index (χ2n) is 6.10. The first-order valence-corrected chi connectivity index (χ1v) is 9.62. The fraction of sp³-hybridized carbons (Fsp3) is 0.611. The van der Waals surface area contributed by atoms with Crippen molar-refractivity contribution in [2.45, 2.75) is 48.5 Å². The van der Waals surface area contributed by atoms with E-state index in [2.05, 4.69) is 17.2 Å². The van der Waals surface area contributed by atoms with E-state index in [0.717, 1.165) is 30.5 Å². The molecule has 0 aromatic heterocycles. The summed E-state index contributed by atoms with van der Waals surface area (Å²) in [5, 5.41) is 22.2. The van der Waals surface area contributed by atoms with E-state index in [4.69, 9.17) is 34.8 Å². The van der Waals surface area contributed by atoms with Crippen LogP contribution in [0, 0.1) is 0 Å².